The van der Waals surface area contributed by atoms with Gasteiger partial charge in [0.25, 0.3) is 0 Å². The summed E-state index contributed by atoms with van der Waals surface area (Å²) in [5.41, 5.74) is 0. The van der Waals surface area contributed by atoms with Crippen LogP contribution in [0.15, 0.2) is 0 Å². The summed E-state index contributed by atoms with van der Waals surface area (Å²) < 4.78 is 11.7. The number of unbranched alkanes of at least 4 members (excludes halogenated alkanes) is 6. The van der Waals surface area contributed by atoms with Crippen LogP contribution in [0.25, 0.3) is 0 Å². The van der Waals surface area contributed by atoms with Crippen molar-refractivity contribution in [2.75, 3.05) is 6.61 Å². The second-order valence-electron chi connectivity index (χ2n) is 5.57. The lowest BCUT2D eigenvalue weighted by Gasteiger charge is -2.37. The molecule has 1 aliphatic heterocycles. The maximum atomic E-state index is 5.90. The molecule has 17 heavy (non-hydrogen) atoms. The van der Waals surface area contributed by atoms with E-state index in [-0.39, 0.29) is 5.79 Å². The van der Waals surface area contributed by atoms with Gasteiger partial charge in [-0.15, -0.1) is 0 Å². The first-order valence-electron chi connectivity index (χ1n) is 7.48. The summed E-state index contributed by atoms with van der Waals surface area (Å²) in [5, 5.41) is 0. The van der Waals surface area contributed by atoms with Gasteiger partial charge in [0, 0.05) is 6.42 Å². The summed E-state index contributed by atoms with van der Waals surface area (Å²) in [4.78, 5) is 0. The largest absolute Gasteiger partial charge is 0.350 e. The van der Waals surface area contributed by atoms with Crippen LogP contribution >= 0.6 is 0 Å². The third-order valence-electron chi connectivity index (χ3n) is 3.62. The fraction of sp³-hybridized carbons (Fsp3) is 1.00. The number of hydrogen-bond acceptors (Lipinski definition) is 2. The third-order valence-corrected chi connectivity index (χ3v) is 3.62. The summed E-state index contributed by atoms with van der Waals surface area (Å²) in [6, 6.07) is 0. The van der Waals surface area contributed by atoms with E-state index in [1.54, 1.807) is 0 Å². The molecule has 0 saturated carbocycles. The van der Waals surface area contributed by atoms with Crippen molar-refractivity contribution in [3.63, 3.8) is 0 Å². The van der Waals surface area contributed by atoms with Crippen LogP contribution < -0.4 is 0 Å². The Kier molecular flexibility index (Phi) is 7.14. The minimum absolute atomic E-state index is 0.304. The van der Waals surface area contributed by atoms with E-state index in [0.717, 1.165) is 19.4 Å². The highest BCUT2D eigenvalue weighted by Crippen LogP contribution is 2.28. The van der Waals surface area contributed by atoms with Gasteiger partial charge in [-0.25, -0.2) is 0 Å². The molecular weight excluding hydrogens is 212 g/mol. The van der Waals surface area contributed by atoms with Gasteiger partial charge in [-0.2, -0.15) is 0 Å². The zero-order valence-electron chi connectivity index (χ0n) is 12.0. The Morgan fingerprint density at radius 1 is 1.06 bits per heavy atom. The van der Waals surface area contributed by atoms with Crippen molar-refractivity contribution in [1.29, 1.82) is 0 Å². The second kappa shape index (κ2) is 8.10. The Labute approximate surface area is 107 Å². The summed E-state index contributed by atoms with van der Waals surface area (Å²) >= 11 is 0. The van der Waals surface area contributed by atoms with Crippen molar-refractivity contribution in [1.82, 2.24) is 0 Å². The topological polar surface area (TPSA) is 18.5 Å². The molecule has 0 radical (unpaired) electrons. The second-order valence-corrected chi connectivity index (χ2v) is 5.57. The van der Waals surface area contributed by atoms with Crippen LogP contribution in [-0.2, 0) is 9.47 Å². The van der Waals surface area contributed by atoms with Crippen LogP contribution in [0.1, 0.15) is 78.6 Å². The van der Waals surface area contributed by atoms with Crippen LogP contribution in [0.4, 0.5) is 0 Å². The summed E-state index contributed by atoms with van der Waals surface area (Å²) in [5.74, 6) is -0.304. The van der Waals surface area contributed by atoms with Crippen molar-refractivity contribution in [2.24, 2.45) is 0 Å². The summed E-state index contributed by atoms with van der Waals surface area (Å²) in [7, 11) is 0. The molecule has 1 fully saturated rings. The van der Waals surface area contributed by atoms with E-state index in [1.165, 1.54) is 44.9 Å². The molecule has 2 nitrogen and oxygen atoms in total. The molecule has 0 N–H and O–H groups in total. The SMILES string of the molecule is CCCCCCCCC[C@@]1(C)OCC[C@H](C)O1. The van der Waals surface area contributed by atoms with E-state index >= 15 is 0 Å². The molecule has 1 rings (SSSR count). The molecule has 0 aliphatic carbocycles. The Balaban J connectivity index is 2.01. The van der Waals surface area contributed by atoms with Crippen LogP contribution in [0.5, 0.6) is 0 Å². The Morgan fingerprint density at radius 2 is 1.71 bits per heavy atom. The van der Waals surface area contributed by atoms with Gasteiger partial charge in [-0.1, -0.05) is 45.4 Å². The molecule has 2 atom stereocenters. The minimum Gasteiger partial charge on any atom is -0.350 e. The van der Waals surface area contributed by atoms with Crippen LogP contribution in [0.3, 0.4) is 0 Å². The van der Waals surface area contributed by atoms with Gasteiger partial charge in [-0.05, 0) is 26.7 Å². The Bertz CT molecular complexity index is 193. The smallest absolute Gasteiger partial charge is 0.165 e. The van der Waals surface area contributed by atoms with Crippen molar-refractivity contribution < 1.29 is 9.47 Å². The molecule has 0 aromatic carbocycles. The van der Waals surface area contributed by atoms with E-state index in [4.69, 9.17) is 9.47 Å². The number of hydrogen-bond donors (Lipinski definition) is 0. The summed E-state index contributed by atoms with van der Waals surface area (Å²) in [6.45, 7) is 7.36. The van der Waals surface area contributed by atoms with Crippen molar-refractivity contribution in [3.8, 4) is 0 Å². The Morgan fingerprint density at radius 3 is 2.35 bits per heavy atom. The minimum atomic E-state index is -0.304. The highest BCUT2D eigenvalue weighted by molar-refractivity contribution is 4.70. The maximum absolute atomic E-state index is 5.90. The van der Waals surface area contributed by atoms with E-state index < -0.39 is 0 Å². The van der Waals surface area contributed by atoms with Gasteiger partial charge >= 0.3 is 0 Å². The van der Waals surface area contributed by atoms with Crippen molar-refractivity contribution >= 4 is 0 Å². The average Bonchev–Trinajstić information content (AvgIpc) is 2.27. The molecule has 2 heteroatoms. The van der Waals surface area contributed by atoms with Crippen LogP contribution in [0, 0.1) is 0 Å². The molecule has 0 aromatic heterocycles. The third kappa shape index (κ3) is 6.42. The average molecular weight is 242 g/mol. The molecule has 1 heterocycles. The lowest BCUT2D eigenvalue weighted by Crippen LogP contribution is -2.41. The molecule has 1 aliphatic rings. The van der Waals surface area contributed by atoms with Gasteiger partial charge in [0.1, 0.15) is 0 Å². The predicted octanol–water partition coefficient (Wildman–Crippen LogP) is 4.67. The van der Waals surface area contributed by atoms with Crippen LogP contribution in [0.2, 0.25) is 0 Å². The van der Waals surface area contributed by atoms with E-state index in [2.05, 4.69) is 20.8 Å². The molecule has 0 amide bonds. The van der Waals surface area contributed by atoms with Gasteiger partial charge in [0.2, 0.25) is 0 Å². The van der Waals surface area contributed by atoms with E-state index in [9.17, 15) is 0 Å². The molecule has 0 spiro atoms. The first-order valence-corrected chi connectivity index (χ1v) is 7.48. The predicted molar refractivity (Wildman–Crippen MR) is 72.1 cm³/mol. The maximum Gasteiger partial charge on any atom is 0.165 e. The standard InChI is InChI=1S/C15H30O2/c1-4-5-6-7-8-9-10-12-15(3)16-13-11-14(2)17-15/h14H,4-13H2,1-3H3/t14-,15-/m0/s1. The fourth-order valence-electron chi connectivity index (χ4n) is 2.49. The molecule has 1 saturated heterocycles. The van der Waals surface area contributed by atoms with Crippen molar-refractivity contribution in [2.45, 2.75) is 90.4 Å². The quantitative estimate of drug-likeness (QED) is 0.576. The fourth-order valence-corrected chi connectivity index (χ4v) is 2.49. The van der Waals surface area contributed by atoms with Gasteiger partial charge < -0.3 is 9.47 Å². The monoisotopic (exact) mass is 242 g/mol. The number of rotatable bonds is 8. The first kappa shape index (κ1) is 15.0. The zero-order valence-corrected chi connectivity index (χ0v) is 12.0. The normalized spacial score (nSPS) is 29.5. The van der Waals surface area contributed by atoms with Gasteiger partial charge in [0.05, 0.1) is 12.7 Å². The van der Waals surface area contributed by atoms with Gasteiger partial charge in [0.15, 0.2) is 5.79 Å². The molecular formula is C15H30O2. The zero-order chi connectivity index (χ0) is 12.6. The highest BCUT2D eigenvalue weighted by atomic mass is 16.7. The lowest BCUT2D eigenvalue weighted by molar-refractivity contribution is -0.283. The highest BCUT2D eigenvalue weighted by Gasteiger charge is 2.31. The van der Waals surface area contributed by atoms with Crippen molar-refractivity contribution in [3.05, 3.63) is 0 Å². The van der Waals surface area contributed by atoms with E-state index in [1.807, 2.05) is 0 Å². The summed E-state index contributed by atoms with van der Waals surface area (Å²) in [6.07, 6.45) is 11.9. The molecule has 0 bridgehead atoms. The number of ether oxygens (including phenoxy) is 2. The van der Waals surface area contributed by atoms with Gasteiger partial charge in [-0.3, -0.25) is 0 Å². The lowest BCUT2D eigenvalue weighted by atomic mass is 10.0. The van der Waals surface area contributed by atoms with E-state index in [0.29, 0.717) is 6.10 Å². The molecule has 0 unspecified atom stereocenters. The van der Waals surface area contributed by atoms with Crippen LogP contribution in [-0.4, -0.2) is 18.5 Å². The first-order chi connectivity index (χ1) is 8.16. The molecule has 0 aromatic rings. The molecule has 102 valence electrons. The Hall–Kier alpha value is -0.0800.